The molecule has 0 saturated carbocycles. The van der Waals surface area contributed by atoms with Crippen molar-refractivity contribution < 1.29 is 24.0 Å². The highest BCUT2D eigenvalue weighted by atomic mass is 16.2. The summed E-state index contributed by atoms with van der Waals surface area (Å²) in [5.41, 5.74) is 1.51. The van der Waals surface area contributed by atoms with Crippen molar-refractivity contribution in [3.63, 3.8) is 0 Å². The number of hydrogen-bond donors (Lipinski definition) is 2. The molecule has 30 heavy (non-hydrogen) atoms. The predicted molar refractivity (Wildman–Crippen MR) is 103 cm³/mol. The number of piperidine rings is 1. The van der Waals surface area contributed by atoms with E-state index in [1.807, 2.05) is 0 Å². The second-order valence-electron chi connectivity index (χ2n) is 7.19. The third-order valence-electron chi connectivity index (χ3n) is 5.15. The average Bonchev–Trinajstić information content (AvgIpc) is 3.04. The number of fused-ring (bicyclic) bond motifs is 1. The number of pyridine rings is 1. The number of rotatable bonds is 3. The van der Waals surface area contributed by atoms with E-state index in [-0.39, 0.29) is 42.1 Å². The molecule has 2 N–H and O–H groups in total. The number of carbonyl (C=O) groups is 5. The van der Waals surface area contributed by atoms with Gasteiger partial charge in [-0.3, -0.25) is 34.6 Å². The quantitative estimate of drug-likeness (QED) is 0.724. The maximum absolute atomic E-state index is 13.0. The van der Waals surface area contributed by atoms with Crippen molar-refractivity contribution in [1.29, 1.82) is 0 Å². The monoisotopic (exact) mass is 406 g/mol. The van der Waals surface area contributed by atoms with Gasteiger partial charge < -0.3 is 4.90 Å². The lowest BCUT2D eigenvalue weighted by Crippen LogP contribution is -2.52. The molecule has 0 radical (unpaired) electrons. The molecular weight excluding hydrogens is 388 g/mol. The van der Waals surface area contributed by atoms with E-state index in [1.54, 1.807) is 31.2 Å². The highest BCUT2D eigenvalue weighted by Crippen LogP contribution is 2.29. The number of amides is 5. The maximum Gasteiger partial charge on any atom is 0.276 e. The second kappa shape index (κ2) is 7.51. The fourth-order valence-corrected chi connectivity index (χ4v) is 3.71. The summed E-state index contributed by atoms with van der Waals surface area (Å²) in [6.45, 7) is 1.87. The van der Waals surface area contributed by atoms with Crippen LogP contribution in [-0.2, 0) is 16.1 Å². The summed E-state index contributed by atoms with van der Waals surface area (Å²) in [7, 11) is 0. The van der Waals surface area contributed by atoms with Gasteiger partial charge in [0.1, 0.15) is 11.7 Å². The minimum Gasteiger partial charge on any atom is -0.322 e. The first-order valence-electron chi connectivity index (χ1n) is 9.41. The zero-order valence-corrected chi connectivity index (χ0v) is 16.1. The van der Waals surface area contributed by atoms with Crippen LogP contribution < -0.4 is 10.6 Å². The van der Waals surface area contributed by atoms with E-state index in [9.17, 15) is 24.0 Å². The Balaban J connectivity index is 1.57. The van der Waals surface area contributed by atoms with Gasteiger partial charge in [-0.2, -0.15) is 0 Å². The minimum atomic E-state index is -0.781. The van der Waals surface area contributed by atoms with E-state index in [0.717, 1.165) is 0 Å². The van der Waals surface area contributed by atoms with Crippen molar-refractivity contribution in [3.8, 4) is 0 Å². The van der Waals surface area contributed by atoms with E-state index in [1.165, 1.54) is 17.0 Å². The largest absolute Gasteiger partial charge is 0.322 e. The van der Waals surface area contributed by atoms with E-state index >= 15 is 0 Å². The smallest absolute Gasteiger partial charge is 0.276 e. The van der Waals surface area contributed by atoms with Gasteiger partial charge in [0.25, 0.3) is 17.7 Å². The van der Waals surface area contributed by atoms with Crippen LogP contribution in [0.15, 0.2) is 36.4 Å². The summed E-state index contributed by atoms with van der Waals surface area (Å²) in [5, 5.41) is 4.50. The second-order valence-corrected chi connectivity index (χ2v) is 7.19. The first-order chi connectivity index (χ1) is 14.3. The highest BCUT2D eigenvalue weighted by Gasteiger charge is 2.40. The standard InChI is InChI=1S/C21H18N4O5/c1-11-4-2-7-14(22-11)19(28)24-18(27)13-6-3-5-12-10-25(21(30)17(12)13)15-8-9-16(26)23-20(15)29/h2-7,15H,8-10H2,1H3,(H,23,26,29)(H,24,27,28). The number of benzene rings is 1. The lowest BCUT2D eigenvalue weighted by Gasteiger charge is -2.29. The summed E-state index contributed by atoms with van der Waals surface area (Å²) < 4.78 is 0. The molecule has 2 aromatic rings. The Bertz CT molecular complexity index is 1110. The minimum absolute atomic E-state index is 0.0493. The molecule has 2 aliphatic rings. The number of aromatic nitrogens is 1. The van der Waals surface area contributed by atoms with E-state index in [2.05, 4.69) is 15.6 Å². The molecule has 1 aromatic carbocycles. The zero-order chi connectivity index (χ0) is 21.4. The molecule has 0 bridgehead atoms. The van der Waals surface area contributed by atoms with Crippen LogP contribution in [0.4, 0.5) is 0 Å². The van der Waals surface area contributed by atoms with Crippen molar-refractivity contribution in [2.24, 2.45) is 0 Å². The third-order valence-corrected chi connectivity index (χ3v) is 5.15. The molecule has 5 amide bonds. The molecular formula is C21H18N4O5. The summed E-state index contributed by atoms with van der Waals surface area (Å²) in [5.74, 6) is -2.78. The molecule has 0 aliphatic carbocycles. The van der Waals surface area contributed by atoms with E-state index < -0.39 is 29.7 Å². The first-order valence-corrected chi connectivity index (χ1v) is 9.41. The Kier molecular flexibility index (Phi) is 4.86. The third kappa shape index (κ3) is 3.45. The molecule has 1 atom stereocenters. The molecule has 1 unspecified atom stereocenters. The maximum atomic E-state index is 13.0. The molecule has 152 valence electrons. The van der Waals surface area contributed by atoms with Crippen LogP contribution in [0.3, 0.4) is 0 Å². The number of imide groups is 2. The molecule has 9 nitrogen and oxygen atoms in total. The molecule has 1 saturated heterocycles. The van der Waals surface area contributed by atoms with Crippen molar-refractivity contribution in [3.05, 3.63) is 64.5 Å². The number of hydrogen-bond acceptors (Lipinski definition) is 6. The van der Waals surface area contributed by atoms with Gasteiger partial charge in [0, 0.05) is 18.7 Å². The van der Waals surface area contributed by atoms with Crippen LogP contribution in [0.1, 0.15) is 55.3 Å². The Morgan fingerprint density at radius 1 is 1.10 bits per heavy atom. The number of nitrogens with zero attached hydrogens (tertiary/aromatic N) is 2. The zero-order valence-electron chi connectivity index (χ0n) is 16.1. The average molecular weight is 406 g/mol. The first kappa shape index (κ1) is 19.4. The summed E-state index contributed by atoms with van der Waals surface area (Å²) in [4.78, 5) is 67.2. The molecule has 9 heteroatoms. The number of nitrogens with one attached hydrogen (secondary N) is 2. The fraction of sp³-hybridized carbons (Fsp3) is 0.238. The summed E-state index contributed by atoms with van der Waals surface area (Å²) in [6, 6.07) is 8.85. The highest BCUT2D eigenvalue weighted by molar-refractivity contribution is 6.16. The van der Waals surface area contributed by atoms with Crippen LogP contribution >= 0.6 is 0 Å². The normalized spacial score (nSPS) is 18.1. The molecule has 0 spiro atoms. The Hall–Kier alpha value is -3.88. The molecule has 2 aliphatic heterocycles. The summed E-state index contributed by atoms with van der Waals surface area (Å²) >= 11 is 0. The van der Waals surface area contributed by atoms with Gasteiger partial charge in [-0.15, -0.1) is 0 Å². The topological polar surface area (TPSA) is 126 Å². The van der Waals surface area contributed by atoms with Gasteiger partial charge >= 0.3 is 0 Å². The Morgan fingerprint density at radius 3 is 2.60 bits per heavy atom. The van der Waals surface area contributed by atoms with Gasteiger partial charge in [0.2, 0.25) is 11.8 Å². The van der Waals surface area contributed by atoms with Gasteiger partial charge in [-0.25, -0.2) is 4.98 Å². The predicted octanol–water partition coefficient (Wildman–Crippen LogP) is 0.721. The van der Waals surface area contributed by atoms with Crippen LogP contribution in [0.2, 0.25) is 0 Å². The Labute approximate surface area is 171 Å². The van der Waals surface area contributed by atoms with Gasteiger partial charge in [0.05, 0.1) is 11.1 Å². The fourth-order valence-electron chi connectivity index (χ4n) is 3.71. The lowest BCUT2D eigenvalue weighted by atomic mass is 10.0. The van der Waals surface area contributed by atoms with Gasteiger partial charge in [-0.1, -0.05) is 18.2 Å². The van der Waals surface area contributed by atoms with Crippen molar-refractivity contribution in [1.82, 2.24) is 20.5 Å². The molecule has 1 fully saturated rings. The Morgan fingerprint density at radius 2 is 1.87 bits per heavy atom. The lowest BCUT2D eigenvalue weighted by molar-refractivity contribution is -0.136. The molecule has 4 rings (SSSR count). The van der Waals surface area contributed by atoms with Crippen molar-refractivity contribution in [2.45, 2.75) is 32.4 Å². The van der Waals surface area contributed by atoms with Crippen LogP contribution in [0.25, 0.3) is 0 Å². The van der Waals surface area contributed by atoms with E-state index in [0.29, 0.717) is 11.3 Å². The van der Waals surface area contributed by atoms with Crippen LogP contribution in [0, 0.1) is 6.92 Å². The number of carbonyl (C=O) groups excluding carboxylic acids is 5. The molecule has 3 heterocycles. The van der Waals surface area contributed by atoms with Crippen molar-refractivity contribution in [2.75, 3.05) is 0 Å². The molecule has 1 aromatic heterocycles. The van der Waals surface area contributed by atoms with Gasteiger partial charge in [-0.05, 0) is 37.1 Å². The van der Waals surface area contributed by atoms with Gasteiger partial charge in [0.15, 0.2) is 0 Å². The SMILES string of the molecule is Cc1cccc(C(=O)NC(=O)c2cccc3c2C(=O)N(C2CCC(=O)NC2=O)C3)n1. The van der Waals surface area contributed by atoms with Crippen molar-refractivity contribution >= 4 is 29.5 Å². The van der Waals surface area contributed by atoms with Crippen LogP contribution in [0.5, 0.6) is 0 Å². The van der Waals surface area contributed by atoms with Crippen LogP contribution in [-0.4, -0.2) is 45.5 Å². The summed E-state index contributed by atoms with van der Waals surface area (Å²) in [6.07, 6.45) is 0.366. The number of aryl methyl sites for hydroxylation is 1. The van der Waals surface area contributed by atoms with E-state index in [4.69, 9.17) is 0 Å².